The largest absolute Gasteiger partial charge is 0.310 e. The lowest BCUT2D eigenvalue weighted by molar-refractivity contribution is 1.22. The predicted molar refractivity (Wildman–Crippen MR) is 235 cm³/mol. The van der Waals surface area contributed by atoms with E-state index < -0.39 is 0 Å². The molecular weight excluding hydrogens is 653 g/mol. The van der Waals surface area contributed by atoms with Crippen molar-refractivity contribution in [3.63, 3.8) is 0 Å². The number of aryl methyl sites for hydroxylation is 6. The summed E-state index contributed by atoms with van der Waals surface area (Å²) in [4.78, 5) is 4.73. The molecule has 7 aromatic carbocycles. The lowest BCUT2D eigenvalue weighted by Gasteiger charge is -2.30. The van der Waals surface area contributed by atoms with E-state index in [4.69, 9.17) is 0 Å². The summed E-state index contributed by atoms with van der Waals surface area (Å²) in [5.74, 6) is 0. The molecule has 2 heteroatoms. The molecule has 0 amide bonds. The fourth-order valence-corrected chi connectivity index (χ4v) is 6.93. The predicted octanol–water partition coefficient (Wildman–Crippen LogP) is 14.8. The van der Waals surface area contributed by atoms with E-state index in [1.807, 2.05) is 0 Å². The first-order valence-corrected chi connectivity index (χ1v) is 18.7. The zero-order valence-corrected chi connectivity index (χ0v) is 32.2. The quantitative estimate of drug-likeness (QED) is 0.131. The van der Waals surface area contributed by atoms with Crippen LogP contribution in [0.5, 0.6) is 0 Å². The molecule has 0 atom stereocenters. The maximum atomic E-state index is 2.36. The molecule has 2 nitrogen and oxygen atoms in total. The highest BCUT2D eigenvalue weighted by Crippen LogP contribution is 2.41. The van der Waals surface area contributed by atoms with Crippen LogP contribution in [0, 0.1) is 41.5 Å². The minimum atomic E-state index is 1.10. The number of hydrogen-bond acceptors (Lipinski definition) is 2. The summed E-state index contributed by atoms with van der Waals surface area (Å²) >= 11 is 0. The molecule has 0 saturated carbocycles. The molecule has 7 rings (SSSR count). The van der Waals surface area contributed by atoms with Crippen LogP contribution < -0.4 is 9.80 Å². The molecule has 266 valence electrons. The Morgan fingerprint density at radius 3 is 0.796 bits per heavy atom. The molecule has 0 fully saturated rings. The Kier molecular flexibility index (Phi) is 10.7. The monoisotopic (exact) mass is 700 g/mol. The first-order chi connectivity index (χ1) is 26.2. The van der Waals surface area contributed by atoms with Gasteiger partial charge in [0.15, 0.2) is 0 Å². The van der Waals surface area contributed by atoms with Crippen LogP contribution in [0.15, 0.2) is 158 Å². The number of anilines is 6. The van der Waals surface area contributed by atoms with Gasteiger partial charge in [-0.1, -0.05) is 144 Å². The van der Waals surface area contributed by atoms with Gasteiger partial charge in [-0.25, -0.2) is 0 Å². The van der Waals surface area contributed by atoms with Gasteiger partial charge in [0.05, 0.1) is 0 Å². The lowest BCUT2D eigenvalue weighted by atomic mass is 10.1. The van der Waals surface area contributed by atoms with Crippen molar-refractivity contribution >= 4 is 58.4 Å². The topological polar surface area (TPSA) is 6.48 Å². The number of nitrogens with zero attached hydrogens (tertiary/aromatic N) is 2. The third-order valence-electron chi connectivity index (χ3n) is 9.95. The number of rotatable bonds is 10. The van der Waals surface area contributed by atoms with E-state index in [1.165, 1.54) is 44.5 Å². The fourth-order valence-electron chi connectivity index (χ4n) is 6.93. The van der Waals surface area contributed by atoms with E-state index in [1.54, 1.807) is 0 Å². The van der Waals surface area contributed by atoms with E-state index in [0.29, 0.717) is 0 Å². The average Bonchev–Trinajstić information content (AvgIpc) is 3.18. The van der Waals surface area contributed by atoms with Crippen molar-refractivity contribution in [3.05, 3.63) is 213 Å². The smallest absolute Gasteiger partial charge is 0.0490 e. The zero-order chi connectivity index (χ0) is 37.6. The molecule has 0 aliphatic rings. The molecule has 0 spiro atoms. The Morgan fingerprint density at radius 2 is 0.519 bits per heavy atom. The summed E-state index contributed by atoms with van der Waals surface area (Å²) in [6, 6.07) is 57.3. The molecule has 0 saturated heterocycles. The molecule has 0 aliphatic heterocycles. The SMILES string of the molecule is Cc1ccc(C=Cc2ccc(N(c3ccc(N(c4ccc(C=Cc5ccc(C)cc5)cc4)c4ccc(C)cc4C)cc3)c3ccc(C)cc3C)cc2)cc1. The van der Waals surface area contributed by atoms with Crippen LogP contribution in [0.3, 0.4) is 0 Å². The molecule has 54 heavy (non-hydrogen) atoms. The van der Waals surface area contributed by atoms with Crippen LogP contribution in [0.1, 0.15) is 55.6 Å². The normalized spacial score (nSPS) is 11.4. The highest BCUT2D eigenvalue weighted by molar-refractivity contribution is 5.84. The zero-order valence-electron chi connectivity index (χ0n) is 32.2. The van der Waals surface area contributed by atoms with Gasteiger partial charge in [0, 0.05) is 34.1 Å². The first kappa shape index (κ1) is 36.0. The van der Waals surface area contributed by atoms with Gasteiger partial charge in [0.25, 0.3) is 0 Å². The summed E-state index contributed by atoms with van der Waals surface area (Å²) in [5.41, 5.74) is 19.0. The summed E-state index contributed by atoms with van der Waals surface area (Å²) < 4.78 is 0. The standard InChI is InChI=1S/C52H48N2/c1-37-7-13-43(14-8-37)17-19-45-21-25-47(26-22-45)53(51-33-11-39(3)35-41(51)5)49-29-31-50(32-30-49)54(52-34-12-40(4)36-42(52)6)48-27-23-46(24-28-48)20-18-44-15-9-38(2)10-16-44/h7-36H,1-6H3. The molecule has 0 heterocycles. The van der Waals surface area contributed by atoms with Crippen LogP contribution in [0.4, 0.5) is 34.1 Å². The maximum Gasteiger partial charge on any atom is 0.0490 e. The van der Waals surface area contributed by atoms with Crippen molar-refractivity contribution in [2.24, 2.45) is 0 Å². The van der Waals surface area contributed by atoms with E-state index >= 15 is 0 Å². The van der Waals surface area contributed by atoms with Crippen molar-refractivity contribution in [2.45, 2.75) is 41.5 Å². The second-order valence-corrected chi connectivity index (χ2v) is 14.4. The molecular formula is C52H48N2. The summed E-state index contributed by atoms with van der Waals surface area (Å²) in [5, 5.41) is 0. The molecule has 7 aromatic rings. The fraction of sp³-hybridized carbons (Fsp3) is 0.115. The van der Waals surface area contributed by atoms with Crippen LogP contribution in [-0.2, 0) is 0 Å². The molecule has 0 radical (unpaired) electrons. The van der Waals surface area contributed by atoms with Crippen molar-refractivity contribution < 1.29 is 0 Å². The van der Waals surface area contributed by atoms with Crippen LogP contribution >= 0.6 is 0 Å². The Labute approximate surface area is 322 Å². The molecule has 0 aliphatic carbocycles. The summed E-state index contributed by atoms with van der Waals surface area (Å²) in [6.07, 6.45) is 8.71. The number of hydrogen-bond donors (Lipinski definition) is 0. The van der Waals surface area contributed by atoms with Gasteiger partial charge in [0.1, 0.15) is 0 Å². The highest BCUT2D eigenvalue weighted by atomic mass is 15.2. The highest BCUT2D eigenvalue weighted by Gasteiger charge is 2.18. The molecule has 0 unspecified atom stereocenters. The Hall–Kier alpha value is -6.38. The Morgan fingerprint density at radius 1 is 0.278 bits per heavy atom. The first-order valence-electron chi connectivity index (χ1n) is 18.7. The molecule has 0 aromatic heterocycles. The van der Waals surface area contributed by atoms with Gasteiger partial charge in [-0.2, -0.15) is 0 Å². The van der Waals surface area contributed by atoms with Gasteiger partial charge >= 0.3 is 0 Å². The third-order valence-corrected chi connectivity index (χ3v) is 9.95. The summed E-state index contributed by atoms with van der Waals surface area (Å²) in [6.45, 7) is 12.9. The minimum absolute atomic E-state index is 1.10. The maximum absolute atomic E-state index is 2.36. The van der Waals surface area contributed by atoms with Crippen LogP contribution in [0.2, 0.25) is 0 Å². The van der Waals surface area contributed by atoms with Crippen molar-refractivity contribution in [2.75, 3.05) is 9.80 Å². The number of benzene rings is 7. The Balaban J connectivity index is 1.22. The van der Waals surface area contributed by atoms with Gasteiger partial charge in [0.2, 0.25) is 0 Å². The van der Waals surface area contributed by atoms with Crippen LogP contribution in [-0.4, -0.2) is 0 Å². The second-order valence-electron chi connectivity index (χ2n) is 14.4. The van der Waals surface area contributed by atoms with Gasteiger partial charge in [-0.15, -0.1) is 0 Å². The van der Waals surface area contributed by atoms with E-state index in [0.717, 1.165) is 45.3 Å². The van der Waals surface area contributed by atoms with Crippen molar-refractivity contribution in [3.8, 4) is 0 Å². The Bertz CT molecular complexity index is 2220. The van der Waals surface area contributed by atoms with Crippen molar-refractivity contribution in [1.82, 2.24) is 0 Å². The molecule has 0 N–H and O–H groups in total. The van der Waals surface area contributed by atoms with Gasteiger partial charge in [-0.3, -0.25) is 0 Å². The van der Waals surface area contributed by atoms with Gasteiger partial charge in [-0.05, 0) is 136 Å². The third kappa shape index (κ3) is 8.46. The second kappa shape index (κ2) is 16.1. The lowest BCUT2D eigenvalue weighted by Crippen LogP contribution is -2.13. The van der Waals surface area contributed by atoms with E-state index in [-0.39, 0.29) is 0 Å². The van der Waals surface area contributed by atoms with Crippen molar-refractivity contribution in [1.29, 1.82) is 0 Å². The van der Waals surface area contributed by atoms with E-state index in [9.17, 15) is 0 Å². The minimum Gasteiger partial charge on any atom is -0.310 e. The summed E-state index contributed by atoms with van der Waals surface area (Å²) in [7, 11) is 0. The van der Waals surface area contributed by atoms with Gasteiger partial charge < -0.3 is 9.80 Å². The van der Waals surface area contributed by atoms with Crippen LogP contribution in [0.25, 0.3) is 24.3 Å². The molecule has 0 bridgehead atoms. The van der Waals surface area contributed by atoms with E-state index in [2.05, 4.69) is 233 Å². The average molecular weight is 701 g/mol.